The predicted molar refractivity (Wildman–Crippen MR) is 64.2 cm³/mol. The van der Waals surface area contributed by atoms with Crippen LogP contribution in [0, 0.1) is 0 Å². The first kappa shape index (κ1) is 12.3. The molecule has 0 aliphatic carbocycles. The Morgan fingerprint density at radius 1 is 1.44 bits per heavy atom. The van der Waals surface area contributed by atoms with E-state index in [1.54, 1.807) is 13.2 Å². The minimum absolute atomic E-state index is 0.0831. The molecule has 88 valence electrons. The van der Waals surface area contributed by atoms with Gasteiger partial charge in [0, 0.05) is 13.7 Å². The van der Waals surface area contributed by atoms with Crippen molar-refractivity contribution in [3.05, 3.63) is 24.3 Å². The lowest BCUT2D eigenvalue weighted by Crippen LogP contribution is -2.32. The van der Waals surface area contributed by atoms with Gasteiger partial charge in [0.1, 0.15) is 0 Å². The molecular weight excluding hydrogens is 206 g/mol. The molecule has 0 saturated carbocycles. The van der Waals surface area contributed by atoms with E-state index in [2.05, 4.69) is 10.6 Å². The van der Waals surface area contributed by atoms with Crippen molar-refractivity contribution in [2.24, 2.45) is 0 Å². The lowest BCUT2D eigenvalue weighted by atomic mass is 10.3. The molecule has 0 unspecified atom stereocenters. The maximum atomic E-state index is 11.3. The molecule has 0 heterocycles. The van der Waals surface area contributed by atoms with Crippen LogP contribution in [-0.2, 0) is 9.53 Å². The summed E-state index contributed by atoms with van der Waals surface area (Å²) >= 11 is 0. The van der Waals surface area contributed by atoms with Gasteiger partial charge in [0.15, 0.2) is 0 Å². The van der Waals surface area contributed by atoms with Crippen molar-refractivity contribution in [3.8, 4) is 0 Å². The number of nitrogen functional groups attached to an aromatic ring is 1. The average molecular weight is 223 g/mol. The number of nitrogens with two attached hydrogens (primary N) is 1. The molecule has 0 saturated heterocycles. The molecule has 5 nitrogen and oxygen atoms in total. The van der Waals surface area contributed by atoms with Crippen LogP contribution in [0.4, 0.5) is 11.4 Å². The molecule has 1 aromatic rings. The van der Waals surface area contributed by atoms with Gasteiger partial charge in [-0.2, -0.15) is 0 Å². The minimum atomic E-state index is -0.0831. The van der Waals surface area contributed by atoms with Crippen LogP contribution in [0.2, 0.25) is 0 Å². The van der Waals surface area contributed by atoms with Crippen molar-refractivity contribution in [3.63, 3.8) is 0 Å². The largest absolute Gasteiger partial charge is 0.397 e. The Balaban J connectivity index is 2.29. The van der Waals surface area contributed by atoms with Crippen LogP contribution in [-0.4, -0.2) is 32.7 Å². The summed E-state index contributed by atoms with van der Waals surface area (Å²) in [5.74, 6) is -0.0831. The smallest absolute Gasteiger partial charge is 0.239 e. The van der Waals surface area contributed by atoms with Crippen LogP contribution < -0.4 is 16.4 Å². The molecule has 5 heteroatoms. The molecule has 1 aromatic carbocycles. The number of carbonyl (C=O) groups is 1. The fourth-order valence-electron chi connectivity index (χ4n) is 1.19. The van der Waals surface area contributed by atoms with Crippen LogP contribution in [0.25, 0.3) is 0 Å². The maximum absolute atomic E-state index is 11.3. The number of nitrogens with one attached hydrogen (secondary N) is 2. The second kappa shape index (κ2) is 6.68. The van der Waals surface area contributed by atoms with Gasteiger partial charge in [0.25, 0.3) is 0 Å². The highest BCUT2D eigenvalue weighted by atomic mass is 16.5. The van der Waals surface area contributed by atoms with Gasteiger partial charge in [-0.3, -0.25) is 4.79 Å². The third kappa shape index (κ3) is 4.18. The number of anilines is 2. The van der Waals surface area contributed by atoms with Gasteiger partial charge in [0.2, 0.25) is 5.91 Å². The third-order valence-corrected chi connectivity index (χ3v) is 2.03. The molecule has 4 N–H and O–H groups in total. The fraction of sp³-hybridized carbons (Fsp3) is 0.364. The topological polar surface area (TPSA) is 76.4 Å². The van der Waals surface area contributed by atoms with Crippen LogP contribution in [0.15, 0.2) is 24.3 Å². The number of hydrogen-bond donors (Lipinski definition) is 3. The molecule has 1 amide bonds. The number of hydrogen-bond acceptors (Lipinski definition) is 4. The van der Waals surface area contributed by atoms with E-state index in [1.807, 2.05) is 18.2 Å². The number of para-hydroxylation sites is 2. The zero-order valence-electron chi connectivity index (χ0n) is 9.32. The number of rotatable bonds is 6. The Morgan fingerprint density at radius 2 is 2.19 bits per heavy atom. The highest BCUT2D eigenvalue weighted by Crippen LogP contribution is 2.15. The quantitative estimate of drug-likeness (QED) is 0.483. The van der Waals surface area contributed by atoms with Gasteiger partial charge in [-0.05, 0) is 12.1 Å². The molecule has 0 spiro atoms. The zero-order chi connectivity index (χ0) is 11.8. The van der Waals surface area contributed by atoms with E-state index in [0.29, 0.717) is 18.8 Å². The number of ether oxygens (including phenoxy) is 1. The van der Waals surface area contributed by atoms with Gasteiger partial charge in [0.05, 0.1) is 24.5 Å². The summed E-state index contributed by atoms with van der Waals surface area (Å²) in [6.45, 7) is 1.23. The van der Waals surface area contributed by atoms with Crippen molar-refractivity contribution < 1.29 is 9.53 Å². The van der Waals surface area contributed by atoms with Gasteiger partial charge < -0.3 is 21.1 Å². The van der Waals surface area contributed by atoms with Crippen molar-refractivity contribution >= 4 is 17.3 Å². The minimum Gasteiger partial charge on any atom is -0.397 e. The molecule has 0 fully saturated rings. The molecular formula is C11H17N3O2. The fourth-order valence-corrected chi connectivity index (χ4v) is 1.19. The lowest BCUT2D eigenvalue weighted by molar-refractivity contribution is -0.119. The Hall–Kier alpha value is -1.75. The summed E-state index contributed by atoms with van der Waals surface area (Å²) in [4.78, 5) is 11.3. The van der Waals surface area contributed by atoms with Crippen molar-refractivity contribution in [1.82, 2.24) is 5.32 Å². The molecule has 0 aliphatic heterocycles. The summed E-state index contributed by atoms with van der Waals surface area (Å²) < 4.78 is 4.82. The highest BCUT2D eigenvalue weighted by molar-refractivity contribution is 5.82. The van der Waals surface area contributed by atoms with E-state index in [0.717, 1.165) is 5.69 Å². The predicted octanol–water partition coefficient (Wildman–Crippen LogP) is 0.443. The molecule has 0 radical (unpaired) electrons. The first-order valence-electron chi connectivity index (χ1n) is 5.08. The van der Waals surface area contributed by atoms with E-state index in [-0.39, 0.29) is 12.5 Å². The highest BCUT2D eigenvalue weighted by Gasteiger charge is 2.01. The van der Waals surface area contributed by atoms with E-state index in [4.69, 9.17) is 10.5 Å². The second-order valence-corrected chi connectivity index (χ2v) is 3.28. The van der Waals surface area contributed by atoms with Crippen LogP contribution >= 0.6 is 0 Å². The van der Waals surface area contributed by atoms with Crippen molar-refractivity contribution in [2.45, 2.75) is 0 Å². The summed E-state index contributed by atoms with van der Waals surface area (Å²) in [6, 6.07) is 7.32. The number of methoxy groups -OCH3 is 1. The molecule has 0 atom stereocenters. The second-order valence-electron chi connectivity index (χ2n) is 3.28. The summed E-state index contributed by atoms with van der Waals surface area (Å²) in [6.07, 6.45) is 0. The number of carbonyl (C=O) groups excluding carboxylic acids is 1. The van der Waals surface area contributed by atoms with E-state index in [9.17, 15) is 4.79 Å². The average Bonchev–Trinajstić information content (AvgIpc) is 2.28. The van der Waals surface area contributed by atoms with Gasteiger partial charge >= 0.3 is 0 Å². The van der Waals surface area contributed by atoms with Crippen LogP contribution in [0.5, 0.6) is 0 Å². The van der Waals surface area contributed by atoms with Crippen LogP contribution in [0.3, 0.4) is 0 Å². The Bertz CT molecular complexity index is 342. The van der Waals surface area contributed by atoms with E-state index in [1.165, 1.54) is 0 Å². The summed E-state index contributed by atoms with van der Waals surface area (Å²) in [7, 11) is 1.59. The van der Waals surface area contributed by atoms with Gasteiger partial charge in [-0.1, -0.05) is 12.1 Å². The lowest BCUT2D eigenvalue weighted by Gasteiger charge is -2.09. The monoisotopic (exact) mass is 223 g/mol. The maximum Gasteiger partial charge on any atom is 0.239 e. The molecule has 1 rings (SSSR count). The van der Waals surface area contributed by atoms with Gasteiger partial charge in [-0.15, -0.1) is 0 Å². The van der Waals surface area contributed by atoms with E-state index >= 15 is 0 Å². The SMILES string of the molecule is COCCNC(=O)CNc1ccccc1N. The van der Waals surface area contributed by atoms with Crippen LogP contribution in [0.1, 0.15) is 0 Å². The molecule has 0 bridgehead atoms. The number of amides is 1. The molecule has 0 aromatic heterocycles. The Morgan fingerprint density at radius 3 is 2.88 bits per heavy atom. The first-order valence-corrected chi connectivity index (χ1v) is 5.08. The molecule has 16 heavy (non-hydrogen) atoms. The summed E-state index contributed by atoms with van der Waals surface area (Å²) in [5, 5.41) is 5.67. The van der Waals surface area contributed by atoms with Crippen molar-refractivity contribution in [2.75, 3.05) is 37.9 Å². The summed E-state index contributed by atoms with van der Waals surface area (Å²) in [5.41, 5.74) is 7.11. The zero-order valence-corrected chi connectivity index (χ0v) is 9.32. The third-order valence-electron chi connectivity index (χ3n) is 2.03. The Kier molecular flexibility index (Phi) is 5.15. The molecule has 0 aliphatic rings. The van der Waals surface area contributed by atoms with Gasteiger partial charge in [-0.25, -0.2) is 0 Å². The Labute approximate surface area is 95.0 Å². The first-order chi connectivity index (χ1) is 7.74. The number of benzene rings is 1. The normalized spacial score (nSPS) is 9.81. The van der Waals surface area contributed by atoms with E-state index < -0.39 is 0 Å². The standard InChI is InChI=1S/C11H17N3O2/c1-16-7-6-13-11(15)8-14-10-5-3-2-4-9(10)12/h2-5,14H,6-8,12H2,1H3,(H,13,15). The van der Waals surface area contributed by atoms with Crippen molar-refractivity contribution in [1.29, 1.82) is 0 Å².